The number of ether oxygens (including phenoxy) is 1. The van der Waals surface area contributed by atoms with Crippen LogP contribution < -0.4 is 0 Å². The summed E-state index contributed by atoms with van der Waals surface area (Å²) in [6.45, 7) is 2.75. The number of piperidine rings is 1. The van der Waals surface area contributed by atoms with Gasteiger partial charge in [0.15, 0.2) is 0 Å². The molecule has 5 heteroatoms. The highest BCUT2D eigenvalue weighted by atomic mass is 16.5. The van der Waals surface area contributed by atoms with Gasteiger partial charge in [0.05, 0.1) is 25.7 Å². The van der Waals surface area contributed by atoms with Crippen molar-refractivity contribution in [3.05, 3.63) is 0 Å². The van der Waals surface area contributed by atoms with Crippen LogP contribution in [0.15, 0.2) is 0 Å². The van der Waals surface area contributed by atoms with Crippen LogP contribution >= 0.6 is 0 Å². The van der Waals surface area contributed by atoms with E-state index in [9.17, 15) is 4.79 Å². The summed E-state index contributed by atoms with van der Waals surface area (Å²) in [5.74, 6) is -0.756. The molecule has 1 atom stereocenters. The molecule has 0 aromatic carbocycles. The molecule has 0 spiro atoms. The Bertz CT molecular complexity index is 198. The van der Waals surface area contributed by atoms with Gasteiger partial charge in [0.2, 0.25) is 0 Å². The minimum absolute atomic E-state index is 0.0472. The highest BCUT2D eigenvalue weighted by molar-refractivity contribution is 5.66. The van der Waals surface area contributed by atoms with Gasteiger partial charge in [-0.25, -0.2) is 0 Å². The molecule has 88 valence electrons. The molecule has 2 N–H and O–H groups in total. The fourth-order valence-electron chi connectivity index (χ4n) is 1.83. The van der Waals surface area contributed by atoms with Gasteiger partial charge in [-0.3, -0.25) is 4.79 Å². The first kappa shape index (κ1) is 12.4. The predicted molar refractivity (Wildman–Crippen MR) is 54.8 cm³/mol. The SMILES string of the molecule is O=C(O)CCN1CCCC(OCCO)C1. The molecule has 1 aliphatic rings. The monoisotopic (exact) mass is 217 g/mol. The maximum Gasteiger partial charge on any atom is 0.304 e. The van der Waals surface area contributed by atoms with Crippen LogP contribution in [-0.4, -0.2) is 60.0 Å². The van der Waals surface area contributed by atoms with Crippen molar-refractivity contribution in [3.63, 3.8) is 0 Å². The summed E-state index contributed by atoms with van der Waals surface area (Å²) in [5.41, 5.74) is 0. The van der Waals surface area contributed by atoms with Crippen LogP contribution in [0.4, 0.5) is 0 Å². The first-order valence-corrected chi connectivity index (χ1v) is 5.39. The number of aliphatic hydroxyl groups excluding tert-OH is 1. The zero-order valence-electron chi connectivity index (χ0n) is 8.89. The van der Waals surface area contributed by atoms with E-state index in [2.05, 4.69) is 4.90 Å². The van der Waals surface area contributed by atoms with Crippen LogP contribution in [0.25, 0.3) is 0 Å². The molecule has 0 bridgehead atoms. The third-order valence-electron chi connectivity index (χ3n) is 2.55. The van der Waals surface area contributed by atoms with Crippen molar-refractivity contribution in [1.29, 1.82) is 0 Å². The Balaban J connectivity index is 2.19. The lowest BCUT2D eigenvalue weighted by molar-refractivity contribution is -0.137. The van der Waals surface area contributed by atoms with E-state index in [0.29, 0.717) is 13.2 Å². The van der Waals surface area contributed by atoms with Crippen molar-refractivity contribution in [3.8, 4) is 0 Å². The van der Waals surface area contributed by atoms with Crippen molar-refractivity contribution in [2.45, 2.75) is 25.4 Å². The molecule has 0 aromatic heterocycles. The number of nitrogens with zero attached hydrogens (tertiary/aromatic N) is 1. The molecule has 0 aromatic rings. The second-order valence-electron chi connectivity index (χ2n) is 3.80. The number of hydrogen-bond donors (Lipinski definition) is 2. The zero-order chi connectivity index (χ0) is 11.1. The molecule has 0 aliphatic carbocycles. The average Bonchev–Trinajstić information content (AvgIpc) is 2.24. The number of carboxylic acids is 1. The first-order chi connectivity index (χ1) is 7.22. The summed E-state index contributed by atoms with van der Waals surface area (Å²) in [6.07, 6.45) is 2.38. The standard InChI is InChI=1S/C10H19NO4/c12-6-7-15-9-2-1-4-11(8-9)5-3-10(13)14/h9,12H,1-8H2,(H,13,14). The van der Waals surface area contributed by atoms with Crippen LogP contribution in [0.3, 0.4) is 0 Å². The molecular weight excluding hydrogens is 198 g/mol. The van der Waals surface area contributed by atoms with E-state index in [-0.39, 0.29) is 19.1 Å². The van der Waals surface area contributed by atoms with Gasteiger partial charge < -0.3 is 19.8 Å². The van der Waals surface area contributed by atoms with Gasteiger partial charge in [0.25, 0.3) is 0 Å². The van der Waals surface area contributed by atoms with Gasteiger partial charge in [-0.15, -0.1) is 0 Å². The number of aliphatic hydroxyl groups is 1. The zero-order valence-corrected chi connectivity index (χ0v) is 8.89. The van der Waals surface area contributed by atoms with Crippen molar-refractivity contribution in [2.75, 3.05) is 32.8 Å². The Kier molecular flexibility index (Phi) is 5.60. The minimum atomic E-state index is -0.756. The highest BCUT2D eigenvalue weighted by Crippen LogP contribution is 2.13. The molecule has 1 fully saturated rings. The largest absolute Gasteiger partial charge is 0.481 e. The van der Waals surface area contributed by atoms with Gasteiger partial charge in [-0.2, -0.15) is 0 Å². The Morgan fingerprint density at radius 1 is 1.53 bits per heavy atom. The molecule has 0 saturated carbocycles. The quantitative estimate of drug-likeness (QED) is 0.652. The van der Waals surface area contributed by atoms with E-state index in [1.54, 1.807) is 0 Å². The normalized spacial score (nSPS) is 22.9. The smallest absolute Gasteiger partial charge is 0.304 e. The highest BCUT2D eigenvalue weighted by Gasteiger charge is 2.20. The molecule has 0 radical (unpaired) electrons. The Labute approximate surface area is 89.6 Å². The fraction of sp³-hybridized carbons (Fsp3) is 0.900. The Hall–Kier alpha value is -0.650. The number of carboxylic acid groups (broad SMARTS) is 1. The van der Waals surface area contributed by atoms with Gasteiger partial charge in [0.1, 0.15) is 0 Å². The number of carbonyl (C=O) groups is 1. The van der Waals surface area contributed by atoms with E-state index >= 15 is 0 Å². The number of likely N-dealkylation sites (tertiary alicyclic amines) is 1. The summed E-state index contributed by atoms with van der Waals surface area (Å²) in [5, 5.41) is 17.2. The predicted octanol–water partition coefficient (Wildman–Crippen LogP) is -0.0656. The Morgan fingerprint density at radius 2 is 2.33 bits per heavy atom. The van der Waals surface area contributed by atoms with Gasteiger partial charge >= 0.3 is 5.97 Å². The van der Waals surface area contributed by atoms with Crippen LogP contribution in [-0.2, 0) is 9.53 Å². The van der Waals surface area contributed by atoms with E-state index < -0.39 is 5.97 Å². The third-order valence-corrected chi connectivity index (χ3v) is 2.55. The van der Waals surface area contributed by atoms with Crippen LogP contribution in [0.5, 0.6) is 0 Å². The summed E-state index contributed by atoms with van der Waals surface area (Å²) < 4.78 is 5.43. The molecular formula is C10H19NO4. The van der Waals surface area contributed by atoms with Crippen LogP contribution in [0.2, 0.25) is 0 Å². The second-order valence-corrected chi connectivity index (χ2v) is 3.80. The summed E-state index contributed by atoms with van der Waals surface area (Å²) >= 11 is 0. The average molecular weight is 217 g/mol. The molecule has 1 heterocycles. The molecule has 1 aliphatic heterocycles. The fourth-order valence-corrected chi connectivity index (χ4v) is 1.83. The van der Waals surface area contributed by atoms with E-state index in [1.807, 2.05) is 0 Å². The lowest BCUT2D eigenvalue weighted by Gasteiger charge is -2.32. The summed E-state index contributed by atoms with van der Waals surface area (Å²) in [7, 11) is 0. The summed E-state index contributed by atoms with van der Waals surface area (Å²) in [6, 6.07) is 0. The number of aliphatic carboxylic acids is 1. The molecule has 1 saturated heterocycles. The second kappa shape index (κ2) is 6.76. The van der Waals surface area contributed by atoms with Crippen molar-refractivity contribution in [2.24, 2.45) is 0 Å². The Morgan fingerprint density at radius 3 is 3.00 bits per heavy atom. The molecule has 1 unspecified atom stereocenters. The summed E-state index contributed by atoms with van der Waals surface area (Å²) in [4.78, 5) is 12.5. The number of hydrogen-bond acceptors (Lipinski definition) is 4. The van der Waals surface area contributed by atoms with Gasteiger partial charge in [0, 0.05) is 13.1 Å². The van der Waals surface area contributed by atoms with Crippen molar-refractivity contribution in [1.82, 2.24) is 4.90 Å². The van der Waals surface area contributed by atoms with Gasteiger partial charge in [-0.05, 0) is 19.4 Å². The minimum Gasteiger partial charge on any atom is -0.481 e. The maximum atomic E-state index is 10.4. The topological polar surface area (TPSA) is 70.0 Å². The van der Waals surface area contributed by atoms with E-state index in [0.717, 1.165) is 25.9 Å². The molecule has 0 amide bonds. The van der Waals surface area contributed by atoms with Gasteiger partial charge in [-0.1, -0.05) is 0 Å². The van der Waals surface area contributed by atoms with E-state index in [4.69, 9.17) is 14.9 Å². The number of rotatable bonds is 6. The third kappa shape index (κ3) is 5.11. The lowest BCUT2D eigenvalue weighted by Crippen LogP contribution is -2.40. The van der Waals surface area contributed by atoms with Crippen LogP contribution in [0, 0.1) is 0 Å². The molecule has 15 heavy (non-hydrogen) atoms. The van der Waals surface area contributed by atoms with Crippen LogP contribution in [0.1, 0.15) is 19.3 Å². The van der Waals surface area contributed by atoms with Crippen molar-refractivity contribution >= 4 is 5.97 Å². The molecule has 5 nitrogen and oxygen atoms in total. The maximum absolute atomic E-state index is 10.4. The van der Waals surface area contributed by atoms with E-state index in [1.165, 1.54) is 0 Å². The first-order valence-electron chi connectivity index (χ1n) is 5.39. The lowest BCUT2D eigenvalue weighted by atomic mass is 10.1. The molecule has 1 rings (SSSR count). The van der Waals surface area contributed by atoms with Crippen molar-refractivity contribution < 1.29 is 19.7 Å².